The lowest BCUT2D eigenvalue weighted by Crippen LogP contribution is -2.26. The van der Waals surface area contributed by atoms with Crippen molar-refractivity contribution in [1.82, 2.24) is 5.43 Å². The second kappa shape index (κ2) is 7.62. The summed E-state index contributed by atoms with van der Waals surface area (Å²) in [5, 5.41) is 4.15. The minimum absolute atomic E-state index is 0.0891. The fraction of sp³-hybridized carbons (Fsp3) is 0.333. The first-order chi connectivity index (χ1) is 12.2. The van der Waals surface area contributed by atoms with E-state index in [4.69, 9.17) is 4.74 Å². The summed E-state index contributed by atoms with van der Waals surface area (Å²) in [5.41, 5.74) is 4.40. The van der Waals surface area contributed by atoms with Crippen molar-refractivity contribution in [2.75, 3.05) is 6.61 Å². The lowest BCUT2D eigenvalue weighted by atomic mass is 10.0. The van der Waals surface area contributed by atoms with Crippen LogP contribution in [0.2, 0.25) is 0 Å². The number of benzene rings is 2. The van der Waals surface area contributed by atoms with Gasteiger partial charge in [-0.2, -0.15) is 5.10 Å². The molecule has 0 aliphatic heterocycles. The lowest BCUT2D eigenvalue weighted by molar-refractivity contribution is -0.124. The summed E-state index contributed by atoms with van der Waals surface area (Å²) in [6, 6.07) is 20.0. The minimum Gasteiger partial charge on any atom is -0.370 e. The van der Waals surface area contributed by atoms with Crippen molar-refractivity contribution in [2.24, 2.45) is 11.0 Å². The Kier molecular flexibility index (Phi) is 5.29. The zero-order valence-corrected chi connectivity index (χ0v) is 14.7. The SMILES string of the molecule is CCOC1(c2ccccc2)CC1C(=O)N/N=C/C(C)c1ccccc1. The Morgan fingerprint density at radius 2 is 1.88 bits per heavy atom. The highest BCUT2D eigenvalue weighted by molar-refractivity contribution is 5.84. The molecule has 4 heteroatoms. The van der Waals surface area contributed by atoms with E-state index in [0.717, 1.165) is 5.56 Å². The maximum absolute atomic E-state index is 12.5. The summed E-state index contributed by atoms with van der Waals surface area (Å²) in [4.78, 5) is 12.5. The molecule has 1 N–H and O–H groups in total. The van der Waals surface area contributed by atoms with Gasteiger partial charge in [-0.25, -0.2) is 5.43 Å². The molecule has 0 heterocycles. The Hall–Kier alpha value is -2.46. The van der Waals surface area contributed by atoms with Gasteiger partial charge in [-0.15, -0.1) is 0 Å². The Bertz CT molecular complexity index is 730. The summed E-state index contributed by atoms with van der Waals surface area (Å²) in [7, 11) is 0. The average Bonchev–Trinajstić information content (AvgIpc) is 3.39. The predicted molar refractivity (Wildman–Crippen MR) is 99.3 cm³/mol. The lowest BCUT2D eigenvalue weighted by Gasteiger charge is -2.17. The van der Waals surface area contributed by atoms with Crippen LogP contribution in [0.1, 0.15) is 37.3 Å². The number of hydrogen-bond acceptors (Lipinski definition) is 3. The molecular formula is C21H24N2O2. The van der Waals surface area contributed by atoms with Gasteiger partial charge in [0.15, 0.2) is 0 Å². The summed E-state index contributed by atoms with van der Waals surface area (Å²) < 4.78 is 5.94. The highest BCUT2D eigenvalue weighted by atomic mass is 16.5. The third-order valence-corrected chi connectivity index (χ3v) is 4.69. The average molecular weight is 336 g/mol. The molecule has 2 aromatic carbocycles. The third-order valence-electron chi connectivity index (χ3n) is 4.69. The molecule has 25 heavy (non-hydrogen) atoms. The van der Waals surface area contributed by atoms with E-state index < -0.39 is 5.60 Å². The molecule has 3 unspecified atom stereocenters. The molecule has 4 nitrogen and oxygen atoms in total. The van der Waals surface area contributed by atoms with E-state index >= 15 is 0 Å². The molecule has 1 amide bonds. The number of nitrogens with zero attached hydrogens (tertiary/aromatic N) is 1. The van der Waals surface area contributed by atoms with E-state index in [1.165, 1.54) is 5.56 Å². The van der Waals surface area contributed by atoms with Crippen LogP contribution in [-0.2, 0) is 15.1 Å². The van der Waals surface area contributed by atoms with E-state index in [2.05, 4.69) is 29.6 Å². The van der Waals surface area contributed by atoms with Crippen LogP contribution in [0.25, 0.3) is 0 Å². The number of hydrogen-bond donors (Lipinski definition) is 1. The van der Waals surface area contributed by atoms with E-state index in [9.17, 15) is 4.79 Å². The number of nitrogens with one attached hydrogen (secondary N) is 1. The number of rotatable bonds is 7. The van der Waals surface area contributed by atoms with Crippen molar-refractivity contribution in [2.45, 2.75) is 31.8 Å². The topological polar surface area (TPSA) is 50.7 Å². The largest absolute Gasteiger partial charge is 0.370 e. The van der Waals surface area contributed by atoms with Crippen LogP contribution >= 0.6 is 0 Å². The van der Waals surface area contributed by atoms with Gasteiger partial charge in [-0.1, -0.05) is 67.6 Å². The molecule has 0 spiro atoms. The van der Waals surface area contributed by atoms with E-state index in [1.807, 2.05) is 55.5 Å². The van der Waals surface area contributed by atoms with Crippen molar-refractivity contribution < 1.29 is 9.53 Å². The summed E-state index contributed by atoms with van der Waals surface area (Å²) in [6.45, 7) is 4.58. The monoisotopic (exact) mass is 336 g/mol. The normalized spacial score (nSPS) is 23.4. The molecule has 1 aliphatic rings. The molecule has 1 aliphatic carbocycles. The van der Waals surface area contributed by atoms with Crippen LogP contribution in [0.15, 0.2) is 65.8 Å². The number of hydrazone groups is 1. The summed E-state index contributed by atoms with van der Waals surface area (Å²) in [6.07, 6.45) is 2.46. The van der Waals surface area contributed by atoms with Gasteiger partial charge >= 0.3 is 0 Å². The first kappa shape index (κ1) is 17.4. The maximum Gasteiger partial charge on any atom is 0.246 e. The highest BCUT2D eigenvalue weighted by Gasteiger charge is 2.60. The molecule has 1 fully saturated rings. The Morgan fingerprint density at radius 1 is 1.24 bits per heavy atom. The van der Waals surface area contributed by atoms with Crippen LogP contribution < -0.4 is 5.43 Å². The Morgan fingerprint density at radius 3 is 2.52 bits per heavy atom. The Labute approximate surface area is 148 Å². The van der Waals surface area contributed by atoms with Gasteiger partial charge in [0.05, 0.1) is 5.92 Å². The highest BCUT2D eigenvalue weighted by Crippen LogP contribution is 2.55. The van der Waals surface area contributed by atoms with E-state index in [0.29, 0.717) is 13.0 Å². The zero-order chi connectivity index (χ0) is 17.7. The van der Waals surface area contributed by atoms with Gasteiger partial charge in [0, 0.05) is 18.7 Å². The zero-order valence-electron chi connectivity index (χ0n) is 14.7. The molecule has 0 saturated heterocycles. The quantitative estimate of drug-likeness (QED) is 0.617. The second-order valence-corrected chi connectivity index (χ2v) is 6.40. The molecule has 2 aromatic rings. The number of ether oxygens (including phenoxy) is 1. The van der Waals surface area contributed by atoms with Gasteiger partial charge in [0.1, 0.15) is 5.60 Å². The molecule has 130 valence electrons. The van der Waals surface area contributed by atoms with Gasteiger partial charge in [-0.05, 0) is 24.5 Å². The van der Waals surface area contributed by atoms with Crippen LogP contribution in [-0.4, -0.2) is 18.7 Å². The minimum atomic E-state index is -0.499. The fourth-order valence-electron chi connectivity index (χ4n) is 3.22. The first-order valence-corrected chi connectivity index (χ1v) is 8.75. The molecule has 1 saturated carbocycles. The summed E-state index contributed by atoms with van der Waals surface area (Å²) in [5.74, 6) is -0.140. The molecule has 0 bridgehead atoms. The smallest absolute Gasteiger partial charge is 0.246 e. The molecule has 3 rings (SSSR count). The van der Waals surface area contributed by atoms with E-state index in [1.54, 1.807) is 6.21 Å². The number of carbonyl (C=O) groups is 1. The van der Waals surface area contributed by atoms with Crippen LogP contribution in [0.3, 0.4) is 0 Å². The Balaban J connectivity index is 1.61. The third kappa shape index (κ3) is 3.80. The van der Waals surface area contributed by atoms with Crippen molar-refractivity contribution >= 4 is 12.1 Å². The van der Waals surface area contributed by atoms with Crippen molar-refractivity contribution in [1.29, 1.82) is 0 Å². The van der Waals surface area contributed by atoms with Crippen LogP contribution in [0, 0.1) is 5.92 Å². The first-order valence-electron chi connectivity index (χ1n) is 8.75. The second-order valence-electron chi connectivity index (χ2n) is 6.40. The molecule has 3 atom stereocenters. The number of carbonyl (C=O) groups excluding carboxylic acids is 1. The molecule has 0 aromatic heterocycles. The molecular weight excluding hydrogens is 312 g/mol. The van der Waals surface area contributed by atoms with Crippen molar-refractivity contribution in [3.8, 4) is 0 Å². The van der Waals surface area contributed by atoms with Crippen LogP contribution in [0.4, 0.5) is 0 Å². The van der Waals surface area contributed by atoms with E-state index in [-0.39, 0.29) is 17.7 Å². The van der Waals surface area contributed by atoms with Crippen molar-refractivity contribution in [3.63, 3.8) is 0 Å². The fourth-order valence-corrected chi connectivity index (χ4v) is 3.22. The van der Waals surface area contributed by atoms with Gasteiger partial charge < -0.3 is 4.74 Å². The van der Waals surface area contributed by atoms with Gasteiger partial charge in [0.25, 0.3) is 0 Å². The standard InChI is InChI=1S/C21H24N2O2/c1-3-25-21(18-12-8-5-9-13-18)14-19(21)20(24)23-22-15-16(2)17-10-6-4-7-11-17/h4-13,15-16,19H,3,14H2,1-2H3,(H,23,24)/b22-15+. The maximum atomic E-state index is 12.5. The predicted octanol–water partition coefficient (Wildman–Crippen LogP) is 3.84. The molecule has 0 radical (unpaired) electrons. The van der Waals surface area contributed by atoms with Crippen molar-refractivity contribution in [3.05, 3.63) is 71.8 Å². The van der Waals surface area contributed by atoms with Gasteiger partial charge in [-0.3, -0.25) is 4.79 Å². The number of amides is 1. The van der Waals surface area contributed by atoms with Crippen LogP contribution in [0.5, 0.6) is 0 Å². The summed E-state index contributed by atoms with van der Waals surface area (Å²) >= 11 is 0. The van der Waals surface area contributed by atoms with Gasteiger partial charge in [0.2, 0.25) is 5.91 Å².